The molecule has 0 aromatic carbocycles. The minimum atomic E-state index is -0.0433. The van der Waals surface area contributed by atoms with Crippen LogP contribution in [0.2, 0.25) is 0 Å². The van der Waals surface area contributed by atoms with E-state index in [1.165, 1.54) is 0 Å². The number of anilines is 1. The van der Waals surface area contributed by atoms with Crippen LogP contribution < -0.4 is 10.6 Å². The number of rotatable bonds is 7. The fourth-order valence-electron chi connectivity index (χ4n) is 1.65. The number of nitrogens with zero attached hydrogens (tertiary/aromatic N) is 1. The van der Waals surface area contributed by atoms with Crippen molar-refractivity contribution in [2.45, 2.75) is 46.1 Å². The van der Waals surface area contributed by atoms with Gasteiger partial charge in [-0.05, 0) is 31.4 Å². The largest absolute Gasteiger partial charge is 0.370 e. The van der Waals surface area contributed by atoms with Crippen molar-refractivity contribution in [3.63, 3.8) is 0 Å². The summed E-state index contributed by atoms with van der Waals surface area (Å²) in [4.78, 5) is 16.2. The maximum atomic E-state index is 11.9. The SMILES string of the molecule is CCCNc1ccc(C(=O)NC(CC)CC)cn1. The molecule has 18 heavy (non-hydrogen) atoms. The van der Waals surface area contributed by atoms with Gasteiger partial charge in [0.05, 0.1) is 5.56 Å². The average molecular weight is 249 g/mol. The molecular formula is C14H23N3O. The van der Waals surface area contributed by atoms with E-state index in [1.807, 2.05) is 12.1 Å². The molecule has 0 fully saturated rings. The van der Waals surface area contributed by atoms with E-state index in [9.17, 15) is 4.79 Å². The maximum Gasteiger partial charge on any atom is 0.253 e. The molecule has 0 saturated carbocycles. The van der Waals surface area contributed by atoms with Gasteiger partial charge in [-0.1, -0.05) is 20.8 Å². The van der Waals surface area contributed by atoms with Gasteiger partial charge in [0.25, 0.3) is 5.91 Å². The highest BCUT2D eigenvalue weighted by atomic mass is 16.1. The van der Waals surface area contributed by atoms with Gasteiger partial charge in [-0.3, -0.25) is 4.79 Å². The number of hydrogen-bond donors (Lipinski definition) is 2. The maximum absolute atomic E-state index is 11.9. The van der Waals surface area contributed by atoms with Crippen LogP contribution in [-0.2, 0) is 0 Å². The summed E-state index contributed by atoms with van der Waals surface area (Å²) in [5.41, 5.74) is 0.615. The van der Waals surface area contributed by atoms with Gasteiger partial charge < -0.3 is 10.6 Å². The lowest BCUT2D eigenvalue weighted by Gasteiger charge is -2.14. The van der Waals surface area contributed by atoms with Crippen LogP contribution in [0.25, 0.3) is 0 Å². The van der Waals surface area contributed by atoms with Crippen LogP contribution in [0, 0.1) is 0 Å². The highest BCUT2D eigenvalue weighted by molar-refractivity contribution is 5.94. The Balaban J connectivity index is 2.58. The Kier molecular flexibility index (Phi) is 6.19. The lowest BCUT2D eigenvalue weighted by Crippen LogP contribution is -2.33. The number of carbonyl (C=O) groups excluding carboxylic acids is 1. The van der Waals surface area contributed by atoms with Crippen LogP contribution in [0.4, 0.5) is 5.82 Å². The van der Waals surface area contributed by atoms with Crippen LogP contribution in [0.1, 0.15) is 50.4 Å². The summed E-state index contributed by atoms with van der Waals surface area (Å²) in [6.45, 7) is 7.14. The third kappa shape index (κ3) is 4.35. The highest BCUT2D eigenvalue weighted by Gasteiger charge is 2.10. The molecule has 0 bridgehead atoms. The number of carbonyl (C=O) groups is 1. The predicted octanol–water partition coefficient (Wildman–Crippen LogP) is 2.82. The fourth-order valence-corrected chi connectivity index (χ4v) is 1.65. The van der Waals surface area contributed by atoms with E-state index >= 15 is 0 Å². The lowest BCUT2D eigenvalue weighted by atomic mass is 10.1. The van der Waals surface area contributed by atoms with Gasteiger partial charge in [-0.25, -0.2) is 4.98 Å². The van der Waals surface area contributed by atoms with E-state index in [2.05, 4.69) is 36.4 Å². The first kappa shape index (κ1) is 14.5. The van der Waals surface area contributed by atoms with Crippen molar-refractivity contribution in [2.24, 2.45) is 0 Å². The third-order valence-corrected chi connectivity index (χ3v) is 2.90. The van der Waals surface area contributed by atoms with E-state index in [1.54, 1.807) is 6.20 Å². The Hall–Kier alpha value is -1.58. The monoisotopic (exact) mass is 249 g/mol. The Labute approximate surface area is 109 Å². The first-order valence-corrected chi connectivity index (χ1v) is 6.72. The molecule has 1 rings (SSSR count). The summed E-state index contributed by atoms with van der Waals surface area (Å²) in [6.07, 6.45) is 4.58. The Morgan fingerprint density at radius 3 is 2.50 bits per heavy atom. The molecule has 0 aliphatic rings. The van der Waals surface area contributed by atoms with Crippen molar-refractivity contribution < 1.29 is 4.79 Å². The Morgan fingerprint density at radius 1 is 1.28 bits per heavy atom. The zero-order valence-electron chi connectivity index (χ0n) is 11.5. The van der Waals surface area contributed by atoms with Crippen LogP contribution >= 0.6 is 0 Å². The average Bonchev–Trinajstić information content (AvgIpc) is 2.42. The molecule has 1 aromatic heterocycles. The molecule has 100 valence electrons. The van der Waals surface area contributed by atoms with Crippen molar-refractivity contribution >= 4 is 11.7 Å². The second kappa shape index (κ2) is 7.69. The second-order valence-corrected chi connectivity index (χ2v) is 4.35. The van der Waals surface area contributed by atoms with Gasteiger partial charge in [0, 0.05) is 18.8 Å². The summed E-state index contributed by atoms with van der Waals surface area (Å²) >= 11 is 0. The van der Waals surface area contributed by atoms with E-state index < -0.39 is 0 Å². The van der Waals surface area contributed by atoms with Crippen molar-refractivity contribution in [3.05, 3.63) is 23.9 Å². The van der Waals surface area contributed by atoms with Gasteiger partial charge in [0.1, 0.15) is 5.82 Å². The molecule has 0 unspecified atom stereocenters. The second-order valence-electron chi connectivity index (χ2n) is 4.35. The molecule has 0 spiro atoms. The van der Waals surface area contributed by atoms with Crippen LogP contribution in [-0.4, -0.2) is 23.5 Å². The molecule has 0 atom stereocenters. The molecule has 2 N–H and O–H groups in total. The minimum Gasteiger partial charge on any atom is -0.370 e. The minimum absolute atomic E-state index is 0.0433. The zero-order valence-corrected chi connectivity index (χ0v) is 11.5. The number of pyridine rings is 1. The molecule has 4 nitrogen and oxygen atoms in total. The topological polar surface area (TPSA) is 54.0 Å². The predicted molar refractivity (Wildman–Crippen MR) is 74.9 cm³/mol. The quantitative estimate of drug-likeness (QED) is 0.781. The molecule has 0 aliphatic carbocycles. The fraction of sp³-hybridized carbons (Fsp3) is 0.571. The number of amides is 1. The Bertz CT molecular complexity index is 358. The normalized spacial score (nSPS) is 10.4. The molecule has 1 aromatic rings. The van der Waals surface area contributed by atoms with Crippen molar-refractivity contribution in [1.29, 1.82) is 0 Å². The highest BCUT2D eigenvalue weighted by Crippen LogP contribution is 2.06. The molecule has 0 saturated heterocycles. The summed E-state index contributed by atoms with van der Waals surface area (Å²) in [5, 5.41) is 6.18. The molecular weight excluding hydrogens is 226 g/mol. The van der Waals surface area contributed by atoms with Gasteiger partial charge in [-0.15, -0.1) is 0 Å². The van der Waals surface area contributed by atoms with E-state index in [0.29, 0.717) is 5.56 Å². The van der Waals surface area contributed by atoms with Crippen LogP contribution in [0.15, 0.2) is 18.3 Å². The van der Waals surface area contributed by atoms with Gasteiger partial charge >= 0.3 is 0 Å². The first-order chi connectivity index (χ1) is 8.71. The van der Waals surface area contributed by atoms with Crippen molar-refractivity contribution in [1.82, 2.24) is 10.3 Å². The lowest BCUT2D eigenvalue weighted by molar-refractivity contribution is 0.0934. The van der Waals surface area contributed by atoms with Crippen LogP contribution in [0.5, 0.6) is 0 Å². The standard InChI is InChI=1S/C14H23N3O/c1-4-9-15-13-8-7-11(10-16-13)14(18)17-12(5-2)6-3/h7-8,10,12H,4-6,9H2,1-3H3,(H,15,16)(H,17,18). The summed E-state index contributed by atoms with van der Waals surface area (Å²) in [7, 11) is 0. The number of aromatic nitrogens is 1. The molecule has 4 heteroatoms. The molecule has 1 amide bonds. The van der Waals surface area contributed by atoms with E-state index in [0.717, 1.165) is 31.6 Å². The Morgan fingerprint density at radius 2 is 2.00 bits per heavy atom. The molecule has 1 heterocycles. The van der Waals surface area contributed by atoms with Gasteiger partial charge in [0.15, 0.2) is 0 Å². The molecule has 0 radical (unpaired) electrons. The zero-order chi connectivity index (χ0) is 13.4. The molecule has 0 aliphatic heterocycles. The summed E-state index contributed by atoms with van der Waals surface area (Å²) in [5.74, 6) is 0.772. The third-order valence-electron chi connectivity index (χ3n) is 2.90. The van der Waals surface area contributed by atoms with Crippen LogP contribution in [0.3, 0.4) is 0 Å². The summed E-state index contributed by atoms with van der Waals surface area (Å²) in [6, 6.07) is 3.90. The van der Waals surface area contributed by atoms with Gasteiger partial charge in [0.2, 0.25) is 0 Å². The summed E-state index contributed by atoms with van der Waals surface area (Å²) < 4.78 is 0. The van der Waals surface area contributed by atoms with Crippen molar-refractivity contribution in [3.8, 4) is 0 Å². The smallest absolute Gasteiger partial charge is 0.253 e. The number of hydrogen-bond acceptors (Lipinski definition) is 3. The van der Waals surface area contributed by atoms with Crippen molar-refractivity contribution in [2.75, 3.05) is 11.9 Å². The van der Waals surface area contributed by atoms with E-state index in [-0.39, 0.29) is 11.9 Å². The van der Waals surface area contributed by atoms with Gasteiger partial charge in [-0.2, -0.15) is 0 Å². The number of nitrogens with one attached hydrogen (secondary N) is 2. The first-order valence-electron chi connectivity index (χ1n) is 6.72. The van der Waals surface area contributed by atoms with E-state index in [4.69, 9.17) is 0 Å².